The number of rotatable bonds is 3. The molecular formula is C8H8F3KO5S. The first-order valence-corrected chi connectivity index (χ1v) is 5.49. The topological polar surface area (TPSA) is 72.8 Å². The van der Waals surface area contributed by atoms with Crippen molar-refractivity contribution in [2.24, 2.45) is 0 Å². The van der Waals surface area contributed by atoms with E-state index in [0.29, 0.717) is 6.07 Å². The Hall–Kier alpha value is 0.156. The number of hydrogen-bond acceptors (Lipinski definition) is 4. The standard InChI is InChI=1S/C8H7F3O5S.K.H/c1-15-6-4-5(16-8(9,10)11)2-3-7(6)17(12,13)14;;/h2-4H,1H3,(H,12,13,14);;. The molecule has 0 fully saturated rings. The number of benzene rings is 1. The van der Waals surface area contributed by atoms with Crippen molar-refractivity contribution in [2.75, 3.05) is 7.11 Å². The van der Waals surface area contributed by atoms with E-state index in [4.69, 9.17) is 4.55 Å². The Labute approximate surface area is 143 Å². The Morgan fingerprint density at radius 2 is 1.83 bits per heavy atom. The second-order valence-corrected chi connectivity index (χ2v) is 4.23. The van der Waals surface area contributed by atoms with Crippen LogP contribution in [0.4, 0.5) is 13.2 Å². The van der Waals surface area contributed by atoms with Crippen LogP contribution in [0.15, 0.2) is 23.1 Å². The third-order valence-corrected chi connectivity index (χ3v) is 2.54. The molecule has 0 aliphatic carbocycles. The zero-order valence-corrected chi connectivity index (χ0v) is 9.17. The summed E-state index contributed by atoms with van der Waals surface area (Å²) >= 11 is 0. The van der Waals surface area contributed by atoms with Gasteiger partial charge in [-0.1, -0.05) is 0 Å². The Balaban J connectivity index is 0.00000289. The molecule has 0 amide bonds. The minimum absolute atomic E-state index is 0. The van der Waals surface area contributed by atoms with Crippen LogP contribution < -0.4 is 9.47 Å². The summed E-state index contributed by atoms with van der Waals surface area (Å²) in [6.07, 6.45) is -4.90. The maximum absolute atomic E-state index is 11.9. The van der Waals surface area contributed by atoms with Gasteiger partial charge in [-0.25, -0.2) is 0 Å². The van der Waals surface area contributed by atoms with Crippen LogP contribution in [0.5, 0.6) is 11.5 Å². The van der Waals surface area contributed by atoms with Crippen molar-refractivity contribution in [2.45, 2.75) is 11.3 Å². The van der Waals surface area contributed by atoms with E-state index in [9.17, 15) is 21.6 Å². The molecule has 0 unspecified atom stereocenters. The maximum atomic E-state index is 11.9. The van der Waals surface area contributed by atoms with E-state index in [1.807, 2.05) is 0 Å². The van der Waals surface area contributed by atoms with E-state index < -0.39 is 32.9 Å². The van der Waals surface area contributed by atoms with Gasteiger partial charge in [0.2, 0.25) is 0 Å². The molecule has 5 nitrogen and oxygen atoms in total. The molecule has 0 radical (unpaired) electrons. The van der Waals surface area contributed by atoms with E-state index in [0.717, 1.165) is 19.2 Å². The van der Waals surface area contributed by atoms with E-state index >= 15 is 0 Å². The van der Waals surface area contributed by atoms with Gasteiger partial charge in [0.05, 0.1) is 7.11 Å². The first kappa shape index (κ1) is 18.2. The van der Waals surface area contributed by atoms with Crippen LogP contribution in [0.3, 0.4) is 0 Å². The molecule has 0 atom stereocenters. The van der Waals surface area contributed by atoms with E-state index in [2.05, 4.69) is 9.47 Å². The number of alkyl halides is 3. The second kappa shape index (κ2) is 6.55. The van der Waals surface area contributed by atoms with Crippen molar-refractivity contribution in [3.05, 3.63) is 18.2 Å². The van der Waals surface area contributed by atoms with Crippen LogP contribution in [0.2, 0.25) is 0 Å². The summed E-state index contributed by atoms with van der Waals surface area (Å²) < 4.78 is 74.1. The Morgan fingerprint density at radius 3 is 2.22 bits per heavy atom. The van der Waals surface area contributed by atoms with Crippen molar-refractivity contribution in [1.29, 1.82) is 0 Å². The number of hydrogen-bond donors (Lipinski definition) is 1. The fourth-order valence-corrected chi connectivity index (χ4v) is 1.69. The van der Waals surface area contributed by atoms with Crippen LogP contribution in [0, 0.1) is 0 Å². The molecule has 10 heteroatoms. The summed E-state index contributed by atoms with van der Waals surface area (Å²) in [7, 11) is -3.52. The summed E-state index contributed by atoms with van der Waals surface area (Å²) in [5.41, 5.74) is 0. The first-order chi connectivity index (χ1) is 7.63. The summed E-state index contributed by atoms with van der Waals surface area (Å²) in [6, 6.07) is 2.20. The van der Waals surface area contributed by atoms with Crippen molar-refractivity contribution in [3.63, 3.8) is 0 Å². The van der Waals surface area contributed by atoms with E-state index in [-0.39, 0.29) is 51.4 Å². The summed E-state index contributed by atoms with van der Waals surface area (Å²) in [5.74, 6) is -1.10. The Bertz CT molecular complexity index is 514. The molecule has 0 spiro atoms. The quantitative estimate of drug-likeness (QED) is 0.670. The summed E-state index contributed by atoms with van der Waals surface area (Å²) in [4.78, 5) is -0.644. The molecule has 1 N–H and O–H groups in total. The second-order valence-electron chi connectivity index (χ2n) is 2.84. The molecule has 98 valence electrons. The Kier molecular flexibility index (Phi) is 6.60. The monoisotopic (exact) mass is 312 g/mol. The molecule has 0 saturated carbocycles. The van der Waals surface area contributed by atoms with Gasteiger partial charge in [0, 0.05) is 6.07 Å². The molecule has 1 rings (SSSR count). The molecule has 0 aliphatic rings. The zero-order valence-electron chi connectivity index (χ0n) is 8.35. The predicted molar refractivity (Wildman–Crippen MR) is 56.6 cm³/mol. The molecule has 0 bridgehead atoms. The van der Waals surface area contributed by atoms with Gasteiger partial charge in [-0.3, -0.25) is 4.55 Å². The Morgan fingerprint density at radius 1 is 1.28 bits per heavy atom. The van der Waals surface area contributed by atoms with Gasteiger partial charge in [-0.05, 0) is 12.1 Å². The molecule has 0 aliphatic heterocycles. The van der Waals surface area contributed by atoms with Crippen LogP contribution in [0.25, 0.3) is 0 Å². The molecule has 1 aromatic rings. The van der Waals surface area contributed by atoms with Crippen LogP contribution >= 0.6 is 0 Å². The van der Waals surface area contributed by atoms with Gasteiger partial charge >= 0.3 is 57.7 Å². The third kappa shape index (κ3) is 5.42. The van der Waals surface area contributed by atoms with Crippen molar-refractivity contribution < 1.29 is 35.6 Å². The fraction of sp³-hybridized carbons (Fsp3) is 0.250. The molecule has 18 heavy (non-hydrogen) atoms. The van der Waals surface area contributed by atoms with E-state index in [1.165, 1.54) is 0 Å². The summed E-state index contributed by atoms with van der Waals surface area (Å²) in [6.45, 7) is 0. The molecule has 0 saturated heterocycles. The van der Waals surface area contributed by atoms with Gasteiger partial charge in [0.1, 0.15) is 16.4 Å². The normalized spacial score (nSPS) is 11.6. The van der Waals surface area contributed by atoms with Crippen molar-refractivity contribution >= 4 is 61.5 Å². The van der Waals surface area contributed by atoms with Crippen molar-refractivity contribution in [3.8, 4) is 11.5 Å². The van der Waals surface area contributed by atoms with Gasteiger partial charge in [0.15, 0.2) is 0 Å². The first-order valence-electron chi connectivity index (χ1n) is 4.05. The van der Waals surface area contributed by atoms with E-state index in [1.54, 1.807) is 0 Å². The minimum atomic E-state index is -4.90. The number of ether oxygens (including phenoxy) is 2. The zero-order chi connectivity index (χ0) is 13.3. The number of halogens is 3. The number of methoxy groups -OCH3 is 1. The van der Waals surface area contributed by atoms with Crippen LogP contribution in [-0.4, -0.2) is 77.8 Å². The van der Waals surface area contributed by atoms with Crippen LogP contribution in [-0.2, 0) is 10.1 Å². The SMILES string of the molecule is COc1cc(OC(F)(F)F)ccc1S(=O)(=O)O.[KH]. The molecule has 0 aromatic heterocycles. The third-order valence-electron chi connectivity index (χ3n) is 1.65. The molecular weight excluding hydrogens is 304 g/mol. The van der Waals surface area contributed by atoms with Gasteiger partial charge in [-0.2, -0.15) is 8.42 Å². The van der Waals surface area contributed by atoms with Gasteiger partial charge in [-0.15, -0.1) is 13.2 Å². The molecule has 1 aromatic carbocycles. The van der Waals surface area contributed by atoms with Crippen molar-refractivity contribution in [1.82, 2.24) is 0 Å². The fourth-order valence-electron chi connectivity index (χ4n) is 1.06. The van der Waals surface area contributed by atoms with Gasteiger partial charge < -0.3 is 9.47 Å². The summed E-state index contributed by atoms with van der Waals surface area (Å²) in [5, 5.41) is 0. The average molecular weight is 312 g/mol. The molecule has 0 heterocycles. The average Bonchev–Trinajstić information content (AvgIpc) is 2.13. The predicted octanol–water partition coefficient (Wildman–Crippen LogP) is 1.19. The van der Waals surface area contributed by atoms with Gasteiger partial charge in [0.25, 0.3) is 10.1 Å². The van der Waals surface area contributed by atoms with Crippen LogP contribution in [0.1, 0.15) is 0 Å².